The summed E-state index contributed by atoms with van der Waals surface area (Å²) in [4.78, 5) is 24.3. The molecule has 1 rings (SSSR count). The molecule has 6 heteroatoms. The number of rotatable bonds is 2. The Morgan fingerprint density at radius 2 is 2.27 bits per heavy atom. The van der Waals surface area contributed by atoms with Crippen molar-refractivity contribution in [1.82, 2.24) is 20.9 Å². The van der Waals surface area contributed by atoms with Gasteiger partial charge in [-0.25, -0.2) is 4.79 Å². The number of nitrogens with one attached hydrogen (secondary N) is 3. The molecular formula is C9H18N4O2. The lowest BCUT2D eigenvalue weighted by Gasteiger charge is -2.33. The molecule has 1 aliphatic heterocycles. The van der Waals surface area contributed by atoms with E-state index in [2.05, 4.69) is 27.8 Å². The van der Waals surface area contributed by atoms with Crippen LogP contribution in [0, 0.1) is 0 Å². The topological polar surface area (TPSA) is 73.5 Å². The fourth-order valence-corrected chi connectivity index (χ4v) is 1.53. The standard InChI is InChI=1S/C9H18N4O2/c1-7-5-11-3-4-13(7)6-8(14)12-9(15)10-2/h7,11H,3-6H2,1-2H3,(H2,10,12,14,15). The van der Waals surface area contributed by atoms with Gasteiger partial charge in [-0.2, -0.15) is 0 Å². The first-order valence-electron chi connectivity index (χ1n) is 5.10. The highest BCUT2D eigenvalue weighted by atomic mass is 16.2. The highest BCUT2D eigenvalue weighted by Crippen LogP contribution is 2.00. The van der Waals surface area contributed by atoms with Crippen LogP contribution in [0.3, 0.4) is 0 Å². The van der Waals surface area contributed by atoms with Gasteiger partial charge in [0.25, 0.3) is 0 Å². The van der Waals surface area contributed by atoms with E-state index >= 15 is 0 Å². The SMILES string of the molecule is CNC(=O)NC(=O)CN1CCNCC1C. The maximum atomic E-state index is 11.4. The van der Waals surface area contributed by atoms with Crippen molar-refractivity contribution < 1.29 is 9.59 Å². The summed E-state index contributed by atoms with van der Waals surface area (Å²) in [5.74, 6) is -0.261. The summed E-state index contributed by atoms with van der Waals surface area (Å²) < 4.78 is 0. The average molecular weight is 214 g/mol. The maximum Gasteiger partial charge on any atom is 0.321 e. The summed E-state index contributed by atoms with van der Waals surface area (Å²) in [5, 5.41) is 7.83. The third kappa shape index (κ3) is 3.85. The molecule has 1 aliphatic rings. The molecule has 15 heavy (non-hydrogen) atoms. The minimum absolute atomic E-state index is 0.261. The molecule has 1 atom stereocenters. The Morgan fingerprint density at radius 3 is 2.87 bits per heavy atom. The number of hydrogen-bond acceptors (Lipinski definition) is 4. The molecule has 0 saturated carbocycles. The zero-order valence-corrected chi connectivity index (χ0v) is 9.17. The number of nitrogens with zero attached hydrogens (tertiary/aromatic N) is 1. The molecule has 0 bridgehead atoms. The van der Waals surface area contributed by atoms with E-state index in [0.29, 0.717) is 6.04 Å². The summed E-state index contributed by atoms with van der Waals surface area (Å²) in [7, 11) is 1.48. The van der Waals surface area contributed by atoms with Gasteiger partial charge in [0.2, 0.25) is 5.91 Å². The van der Waals surface area contributed by atoms with E-state index in [-0.39, 0.29) is 12.5 Å². The van der Waals surface area contributed by atoms with Gasteiger partial charge in [-0.15, -0.1) is 0 Å². The van der Waals surface area contributed by atoms with Crippen LogP contribution in [-0.4, -0.2) is 56.1 Å². The minimum atomic E-state index is -0.456. The number of carbonyl (C=O) groups excluding carboxylic acids is 2. The zero-order valence-electron chi connectivity index (χ0n) is 9.17. The van der Waals surface area contributed by atoms with E-state index in [1.807, 2.05) is 0 Å². The van der Waals surface area contributed by atoms with Crippen LogP contribution in [0.4, 0.5) is 4.79 Å². The van der Waals surface area contributed by atoms with E-state index in [0.717, 1.165) is 19.6 Å². The monoisotopic (exact) mass is 214 g/mol. The van der Waals surface area contributed by atoms with E-state index in [1.54, 1.807) is 0 Å². The van der Waals surface area contributed by atoms with Gasteiger partial charge in [-0.3, -0.25) is 15.0 Å². The Kier molecular flexibility index (Phi) is 4.51. The van der Waals surface area contributed by atoms with Crippen LogP contribution in [0.5, 0.6) is 0 Å². The predicted octanol–water partition coefficient (Wildman–Crippen LogP) is -1.26. The van der Waals surface area contributed by atoms with E-state index in [9.17, 15) is 9.59 Å². The second kappa shape index (κ2) is 5.67. The molecule has 0 aromatic rings. The predicted molar refractivity (Wildman–Crippen MR) is 56.5 cm³/mol. The number of hydrogen-bond donors (Lipinski definition) is 3. The fraction of sp³-hybridized carbons (Fsp3) is 0.778. The molecule has 0 radical (unpaired) electrons. The largest absolute Gasteiger partial charge is 0.341 e. The quantitative estimate of drug-likeness (QED) is 0.536. The van der Waals surface area contributed by atoms with Gasteiger partial charge >= 0.3 is 6.03 Å². The Morgan fingerprint density at radius 1 is 1.53 bits per heavy atom. The number of imide groups is 1. The minimum Gasteiger partial charge on any atom is -0.341 e. The number of piperazine rings is 1. The third-order valence-corrected chi connectivity index (χ3v) is 2.47. The molecule has 86 valence electrons. The molecule has 0 spiro atoms. The molecule has 0 aromatic heterocycles. The highest BCUT2D eigenvalue weighted by Gasteiger charge is 2.20. The third-order valence-electron chi connectivity index (χ3n) is 2.47. The number of amides is 3. The maximum absolute atomic E-state index is 11.4. The molecule has 1 unspecified atom stereocenters. The molecular weight excluding hydrogens is 196 g/mol. The van der Waals surface area contributed by atoms with Crippen molar-refractivity contribution in [3.8, 4) is 0 Å². The number of urea groups is 1. The summed E-state index contributed by atoms with van der Waals surface area (Å²) >= 11 is 0. The number of carbonyl (C=O) groups is 2. The van der Waals surface area contributed by atoms with Crippen molar-refractivity contribution in [2.24, 2.45) is 0 Å². The fourth-order valence-electron chi connectivity index (χ4n) is 1.53. The van der Waals surface area contributed by atoms with Gasteiger partial charge in [-0.05, 0) is 6.92 Å². The van der Waals surface area contributed by atoms with Crippen LogP contribution in [0.15, 0.2) is 0 Å². The van der Waals surface area contributed by atoms with Crippen molar-refractivity contribution in [3.05, 3.63) is 0 Å². The zero-order chi connectivity index (χ0) is 11.3. The lowest BCUT2D eigenvalue weighted by molar-refractivity contribution is -0.121. The molecule has 1 heterocycles. The molecule has 6 nitrogen and oxygen atoms in total. The molecule has 3 amide bonds. The Hall–Kier alpha value is -1.14. The van der Waals surface area contributed by atoms with Gasteiger partial charge in [-0.1, -0.05) is 0 Å². The Bertz CT molecular complexity index is 244. The van der Waals surface area contributed by atoms with Crippen molar-refractivity contribution in [3.63, 3.8) is 0 Å². The highest BCUT2D eigenvalue weighted by molar-refractivity contribution is 5.95. The lowest BCUT2D eigenvalue weighted by Crippen LogP contribution is -2.53. The van der Waals surface area contributed by atoms with Gasteiger partial charge in [0.05, 0.1) is 6.54 Å². The molecule has 0 aliphatic carbocycles. The normalized spacial score (nSPS) is 22.1. The van der Waals surface area contributed by atoms with Gasteiger partial charge in [0, 0.05) is 32.7 Å². The first-order chi connectivity index (χ1) is 7.13. The summed E-state index contributed by atoms with van der Waals surface area (Å²) in [6.07, 6.45) is 0. The van der Waals surface area contributed by atoms with Crippen molar-refractivity contribution in [2.45, 2.75) is 13.0 Å². The van der Waals surface area contributed by atoms with Gasteiger partial charge in [0.1, 0.15) is 0 Å². The van der Waals surface area contributed by atoms with Crippen LogP contribution in [0.2, 0.25) is 0 Å². The van der Waals surface area contributed by atoms with Gasteiger partial charge < -0.3 is 10.6 Å². The lowest BCUT2D eigenvalue weighted by atomic mass is 10.2. The van der Waals surface area contributed by atoms with Gasteiger partial charge in [0.15, 0.2) is 0 Å². The second-order valence-electron chi connectivity index (χ2n) is 3.65. The van der Waals surface area contributed by atoms with Crippen LogP contribution < -0.4 is 16.0 Å². The summed E-state index contributed by atoms with van der Waals surface area (Å²) in [6, 6.07) is -0.128. The first-order valence-corrected chi connectivity index (χ1v) is 5.10. The van der Waals surface area contributed by atoms with Crippen molar-refractivity contribution >= 4 is 11.9 Å². The van der Waals surface area contributed by atoms with Crippen molar-refractivity contribution in [2.75, 3.05) is 33.2 Å². The summed E-state index contributed by atoms with van der Waals surface area (Å²) in [6.45, 7) is 4.93. The van der Waals surface area contributed by atoms with Crippen LogP contribution >= 0.6 is 0 Å². The Labute approximate surface area is 89.4 Å². The average Bonchev–Trinajstić information content (AvgIpc) is 2.21. The smallest absolute Gasteiger partial charge is 0.321 e. The Balaban J connectivity index is 2.33. The van der Waals surface area contributed by atoms with E-state index in [4.69, 9.17) is 0 Å². The van der Waals surface area contributed by atoms with Crippen LogP contribution in [0.25, 0.3) is 0 Å². The molecule has 1 saturated heterocycles. The first kappa shape index (κ1) is 11.9. The van der Waals surface area contributed by atoms with E-state index < -0.39 is 6.03 Å². The molecule has 3 N–H and O–H groups in total. The van der Waals surface area contributed by atoms with Crippen LogP contribution in [0.1, 0.15) is 6.92 Å². The summed E-state index contributed by atoms with van der Waals surface area (Å²) in [5.41, 5.74) is 0. The van der Waals surface area contributed by atoms with E-state index in [1.165, 1.54) is 7.05 Å². The molecule has 0 aromatic carbocycles. The molecule has 1 fully saturated rings. The van der Waals surface area contributed by atoms with Crippen LogP contribution in [-0.2, 0) is 4.79 Å². The second-order valence-corrected chi connectivity index (χ2v) is 3.65. The van der Waals surface area contributed by atoms with Crippen molar-refractivity contribution in [1.29, 1.82) is 0 Å².